The lowest BCUT2D eigenvalue weighted by Gasteiger charge is -2.31. The minimum Gasteiger partial charge on any atom is -0.462 e. The second-order valence-corrected chi connectivity index (χ2v) is 9.90. The Kier molecular flexibility index (Phi) is 13.0. The fourth-order valence-corrected chi connectivity index (χ4v) is 4.85. The number of esters is 2. The molecular weight excluding hydrogens is 404 g/mol. The van der Waals surface area contributed by atoms with E-state index in [1.165, 1.54) is 32.1 Å². The van der Waals surface area contributed by atoms with Crippen molar-refractivity contribution in [2.24, 2.45) is 11.8 Å². The number of ether oxygens (including phenoxy) is 3. The molecule has 0 atom stereocenters. The standard InChI is InChI=1S/C27H46O5/c1-4-5-10-22-11-15-25(16-12-22)32-27(29)23-13-17-24(18-14-23)30-19-8-6-7-9-20-31-26(28)21(2)3/h22-25H,2,4-20H2,1,3H3. The molecule has 0 radical (unpaired) electrons. The zero-order valence-corrected chi connectivity index (χ0v) is 20.6. The molecule has 32 heavy (non-hydrogen) atoms. The van der Waals surface area contributed by atoms with Gasteiger partial charge in [-0.3, -0.25) is 4.79 Å². The molecule has 0 bridgehead atoms. The SMILES string of the molecule is C=C(C)C(=O)OCCCCCCOC1CCC(C(=O)OC2CCC(CCCC)CC2)CC1. The predicted octanol–water partition coefficient (Wildman–Crippen LogP) is 6.53. The summed E-state index contributed by atoms with van der Waals surface area (Å²) in [4.78, 5) is 23.9. The molecule has 2 aliphatic rings. The Hall–Kier alpha value is -1.36. The Bertz CT molecular complexity index is 556. The van der Waals surface area contributed by atoms with Crippen LogP contribution >= 0.6 is 0 Å². The van der Waals surface area contributed by atoms with E-state index in [1.54, 1.807) is 6.92 Å². The maximum absolute atomic E-state index is 12.6. The van der Waals surface area contributed by atoms with Crippen LogP contribution in [0.5, 0.6) is 0 Å². The van der Waals surface area contributed by atoms with Gasteiger partial charge in [0.15, 0.2) is 0 Å². The molecule has 0 aromatic carbocycles. The van der Waals surface area contributed by atoms with Crippen LogP contribution in [0.1, 0.15) is 110 Å². The zero-order chi connectivity index (χ0) is 23.2. The van der Waals surface area contributed by atoms with Crippen molar-refractivity contribution in [2.45, 2.75) is 122 Å². The van der Waals surface area contributed by atoms with E-state index in [0.717, 1.165) is 76.7 Å². The van der Waals surface area contributed by atoms with Crippen LogP contribution in [0.25, 0.3) is 0 Å². The molecule has 0 aliphatic heterocycles. The Morgan fingerprint density at radius 1 is 0.812 bits per heavy atom. The highest BCUT2D eigenvalue weighted by Crippen LogP contribution is 2.32. The van der Waals surface area contributed by atoms with Crippen molar-refractivity contribution in [3.05, 3.63) is 12.2 Å². The van der Waals surface area contributed by atoms with Crippen LogP contribution in [0, 0.1) is 11.8 Å². The maximum Gasteiger partial charge on any atom is 0.333 e. The number of carbonyl (C=O) groups excluding carboxylic acids is 2. The first-order valence-electron chi connectivity index (χ1n) is 13.1. The monoisotopic (exact) mass is 450 g/mol. The van der Waals surface area contributed by atoms with Crippen molar-refractivity contribution in [3.8, 4) is 0 Å². The van der Waals surface area contributed by atoms with Gasteiger partial charge in [-0.15, -0.1) is 0 Å². The van der Waals surface area contributed by atoms with E-state index in [0.29, 0.717) is 12.2 Å². The average Bonchev–Trinajstić information content (AvgIpc) is 2.80. The van der Waals surface area contributed by atoms with Crippen LogP contribution in [-0.2, 0) is 23.8 Å². The van der Waals surface area contributed by atoms with Crippen molar-refractivity contribution in [2.75, 3.05) is 13.2 Å². The van der Waals surface area contributed by atoms with Gasteiger partial charge in [-0.1, -0.05) is 39.2 Å². The summed E-state index contributed by atoms with van der Waals surface area (Å²) in [6.07, 6.45) is 16.6. The normalized spacial score (nSPS) is 25.8. The van der Waals surface area contributed by atoms with Crippen molar-refractivity contribution in [1.29, 1.82) is 0 Å². The largest absolute Gasteiger partial charge is 0.462 e. The van der Waals surface area contributed by atoms with Crippen LogP contribution in [0.4, 0.5) is 0 Å². The lowest BCUT2D eigenvalue weighted by atomic mass is 9.84. The molecule has 5 nitrogen and oxygen atoms in total. The molecule has 0 aromatic heterocycles. The molecule has 2 fully saturated rings. The predicted molar refractivity (Wildman–Crippen MR) is 127 cm³/mol. The van der Waals surface area contributed by atoms with Crippen LogP contribution in [0.3, 0.4) is 0 Å². The minimum atomic E-state index is -0.303. The van der Waals surface area contributed by atoms with E-state index in [-0.39, 0.29) is 30.1 Å². The molecule has 0 heterocycles. The molecule has 0 spiro atoms. The molecule has 0 unspecified atom stereocenters. The number of unbranched alkanes of at least 4 members (excludes halogenated alkanes) is 4. The summed E-state index contributed by atoms with van der Waals surface area (Å²) in [5.74, 6) is 0.640. The van der Waals surface area contributed by atoms with Gasteiger partial charge in [0.25, 0.3) is 0 Å². The molecule has 0 amide bonds. The molecule has 0 aromatic rings. The average molecular weight is 451 g/mol. The van der Waals surface area contributed by atoms with E-state index >= 15 is 0 Å². The Balaban J connectivity index is 1.46. The second kappa shape index (κ2) is 15.5. The number of rotatable bonds is 14. The maximum atomic E-state index is 12.6. The van der Waals surface area contributed by atoms with E-state index in [9.17, 15) is 9.59 Å². The van der Waals surface area contributed by atoms with Gasteiger partial charge >= 0.3 is 11.9 Å². The first-order chi connectivity index (χ1) is 15.5. The summed E-state index contributed by atoms with van der Waals surface area (Å²) >= 11 is 0. The number of hydrogen-bond acceptors (Lipinski definition) is 5. The van der Waals surface area contributed by atoms with Gasteiger partial charge in [-0.05, 0) is 83.5 Å². The van der Waals surface area contributed by atoms with Gasteiger partial charge in [-0.2, -0.15) is 0 Å². The summed E-state index contributed by atoms with van der Waals surface area (Å²) < 4.78 is 17.0. The lowest BCUT2D eigenvalue weighted by molar-refractivity contribution is -0.158. The zero-order valence-electron chi connectivity index (χ0n) is 20.6. The summed E-state index contributed by atoms with van der Waals surface area (Å²) in [5, 5.41) is 0. The molecule has 0 N–H and O–H groups in total. The van der Waals surface area contributed by atoms with E-state index in [4.69, 9.17) is 14.2 Å². The summed E-state index contributed by atoms with van der Waals surface area (Å²) in [6, 6.07) is 0. The fraction of sp³-hybridized carbons (Fsp3) is 0.852. The number of carbonyl (C=O) groups is 2. The molecule has 184 valence electrons. The third kappa shape index (κ3) is 10.5. The fourth-order valence-electron chi connectivity index (χ4n) is 4.85. The lowest BCUT2D eigenvalue weighted by Crippen LogP contribution is -2.31. The van der Waals surface area contributed by atoms with Crippen molar-refractivity contribution in [3.63, 3.8) is 0 Å². The van der Waals surface area contributed by atoms with Crippen LogP contribution in [0.15, 0.2) is 12.2 Å². The highest BCUT2D eigenvalue weighted by atomic mass is 16.5. The Morgan fingerprint density at radius 3 is 2.06 bits per heavy atom. The highest BCUT2D eigenvalue weighted by Gasteiger charge is 2.30. The van der Waals surface area contributed by atoms with Crippen LogP contribution in [0.2, 0.25) is 0 Å². The van der Waals surface area contributed by atoms with Gasteiger partial charge < -0.3 is 14.2 Å². The highest BCUT2D eigenvalue weighted by molar-refractivity contribution is 5.86. The van der Waals surface area contributed by atoms with Crippen LogP contribution < -0.4 is 0 Å². The molecule has 2 aliphatic carbocycles. The molecule has 5 heteroatoms. The third-order valence-electron chi connectivity index (χ3n) is 7.02. The van der Waals surface area contributed by atoms with Crippen molar-refractivity contribution < 1.29 is 23.8 Å². The second-order valence-electron chi connectivity index (χ2n) is 9.90. The Morgan fingerprint density at radius 2 is 1.44 bits per heavy atom. The van der Waals surface area contributed by atoms with Gasteiger partial charge in [0.1, 0.15) is 6.10 Å². The van der Waals surface area contributed by atoms with Gasteiger partial charge in [0, 0.05) is 12.2 Å². The minimum absolute atomic E-state index is 0.0350. The van der Waals surface area contributed by atoms with E-state index in [1.807, 2.05) is 0 Å². The summed E-state index contributed by atoms with van der Waals surface area (Å²) in [6.45, 7) is 8.72. The third-order valence-corrected chi connectivity index (χ3v) is 7.02. The summed E-state index contributed by atoms with van der Waals surface area (Å²) in [5.41, 5.74) is 0.450. The van der Waals surface area contributed by atoms with Crippen molar-refractivity contribution >= 4 is 11.9 Å². The van der Waals surface area contributed by atoms with E-state index in [2.05, 4.69) is 13.5 Å². The molecule has 2 rings (SSSR count). The topological polar surface area (TPSA) is 61.8 Å². The van der Waals surface area contributed by atoms with Gasteiger partial charge in [0.2, 0.25) is 0 Å². The first kappa shape index (κ1) is 26.9. The molecule has 2 saturated carbocycles. The van der Waals surface area contributed by atoms with Crippen LogP contribution in [-0.4, -0.2) is 37.4 Å². The van der Waals surface area contributed by atoms with Gasteiger partial charge in [-0.25, -0.2) is 4.79 Å². The Labute approximate surface area is 195 Å². The molecule has 0 saturated heterocycles. The van der Waals surface area contributed by atoms with Crippen molar-refractivity contribution in [1.82, 2.24) is 0 Å². The smallest absolute Gasteiger partial charge is 0.333 e. The van der Waals surface area contributed by atoms with Gasteiger partial charge in [0.05, 0.1) is 18.6 Å². The quantitative estimate of drug-likeness (QED) is 0.171. The first-order valence-corrected chi connectivity index (χ1v) is 13.1. The van der Waals surface area contributed by atoms with E-state index < -0.39 is 0 Å². The summed E-state index contributed by atoms with van der Waals surface area (Å²) in [7, 11) is 0. The number of hydrogen-bond donors (Lipinski definition) is 0. The molecular formula is C27H46O5.